The van der Waals surface area contributed by atoms with Gasteiger partial charge in [0.05, 0.1) is 6.61 Å². The molecule has 0 amide bonds. The van der Waals surface area contributed by atoms with E-state index in [0.29, 0.717) is 12.6 Å². The lowest BCUT2D eigenvalue weighted by atomic mass is 10.1. The zero-order valence-electron chi connectivity index (χ0n) is 11.4. The molecule has 0 bridgehead atoms. The highest BCUT2D eigenvalue weighted by Crippen LogP contribution is 2.21. The number of hydrogen-bond acceptors (Lipinski definition) is 4. The minimum absolute atomic E-state index is 0.0485. The molecule has 2 rings (SSSR count). The normalized spacial score (nSPS) is 21.1. The van der Waals surface area contributed by atoms with E-state index < -0.39 is 0 Å². The molecule has 0 aromatic heterocycles. The van der Waals surface area contributed by atoms with Gasteiger partial charge in [0.2, 0.25) is 0 Å². The van der Waals surface area contributed by atoms with Crippen molar-refractivity contribution in [3.63, 3.8) is 0 Å². The quantitative estimate of drug-likeness (QED) is 0.843. The molecule has 1 saturated heterocycles. The van der Waals surface area contributed by atoms with Crippen LogP contribution in [0.15, 0.2) is 24.3 Å². The molecular weight excluding hydrogens is 240 g/mol. The molecule has 1 atom stereocenters. The molecule has 106 valence electrons. The lowest BCUT2D eigenvalue weighted by Gasteiger charge is -2.21. The first kappa shape index (κ1) is 14.3. The van der Waals surface area contributed by atoms with E-state index in [9.17, 15) is 0 Å². The van der Waals surface area contributed by atoms with E-state index in [0.717, 1.165) is 38.2 Å². The Bertz CT molecular complexity index is 384. The third kappa shape index (κ3) is 4.49. The van der Waals surface area contributed by atoms with Crippen LogP contribution in [0.25, 0.3) is 0 Å². The predicted molar refractivity (Wildman–Crippen MR) is 76.1 cm³/mol. The Morgan fingerprint density at radius 3 is 2.95 bits per heavy atom. The van der Waals surface area contributed by atoms with Crippen molar-refractivity contribution in [3.8, 4) is 5.75 Å². The van der Waals surface area contributed by atoms with Gasteiger partial charge in [0.1, 0.15) is 12.4 Å². The Balaban J connectivity index is 1.97. The van der Waals surface area contributed by atoms with Crippen LogP contribution in [-0.2, 0) is 6.54 Å². The van der Waals surface area contributed by atoms with Crippen molar-refractivity contribution >= 4 is 0 Å². The minimum atomic E-state index is 0.0485. The number of nitrogens with two attached hydrogens (primary N) is 1. The Hall–Kier alpha value is -1.10. The summed E-state index contributed by atoms with van der Waals surface area (Å²) in [4.78, 5) is 2.44. The van der Waals surface area contributed by atoms with Crippen molar-refractivity contribution in [1.82, 2.24) is 4.90 Å². The zero-order valence-corrected chi connectivity index (χ0v) is 11.4. The van der Waals surface area contributed by atoms with Crippen LogP contribution in [0.2, 0.25) is 0 Å². The van der Waals surface area contributed by atoms with Gasteiger partial charge in [0.15, 0.2) is 0 Å². The van der Waals surface area contributed by atoms with Crippen LogP contribution < -0.4 is 10.5 Å². The second-order valence-corrected chi connectivity index (χ2v) is 5.15. The lowest BCUT2D eigenvalue weighted by Crippen LogP contribution is -2.26. The highest BCUT2D eigenvalue weighted by Gasteiger charge is 2.15. The van der Waals surface area contributed by atoms with E-state index >= 15 is 0 Å². The van der Waals surface area contributed by atoms with E-state index in [1.165, 1.54) is 12.0 Å². The maximum Gasteiger partial charge on any atom is 0.123 e. The van der Waals surface area contributed by atoms with Crippen LogP contribution in [0.4, 0.5) is 0 Å². The summed E-state index contributed by atoms with van der Waals surface area (Å²) in [6.45, 7) is 3.45. The second kappa shape index (κ2) is 7.48. The molecule has 19 heavy (non-hydrogen) atoms. The number of aliphatic hydroxyl groups excluding tert-OH is 1. The summed E-state index contributed by atoms with van der Waals surface area (Å²) in [6, 6.07) is 8.41. The maximum absolute atomic E-state index is 8.86. The van der Waals surface area contributed by atoms with E-state index in [-0.39, 0.29) is 6.61 Å². The molecule has 0 aliphatic carbocycles. The Kier molecular flexibility index (Phi) is 5.63. The van der Waals surface area contributed by atoms with Crippen molar-refractivity contribution in [1.29, 1.82) is 0 Å². The van der Waals surface area contributed by atoms with Crippen molar-refractivity contribution in [2.75, 3.05) is 26.3 Å². The summed E-state index contributed by atoms with van der Waals surface area (Å²) < 4.78 is 5.58. The van der Waals surface area contributed by atoms with E-state index in [1.54, 1.807) is 0 Å². The van der Waals surface area contributed by atoms with Gasteiger partial charge in [-0.3, -0.25) is 4.90 Å². The van der Waals surface area contributed by atoms with Gasteiger partial charge < -0.3 is 15.6 Å². The van der Waals surface area contributed by atoms with E-state index in [4.69, 9.17) is 15.6 Å². The fourth-order valence-electron chi connectivity index (χ4n) is 2.51. The van der Waals surface area contributed by atoms with Crippen molar-refractivity contribution in [2.24, 2.45) is 5.73 Å². The van der Waals surface area contributed by atoms with Gasteiger partial charge >= 0.3 is 0 Å². The average Bonchev–Trinajstić information content (AvgIpc) is 2.63. The number of rotatable bonds is 5. The topological polar surface area (TPSA) is 58.7 Å². The molecule has 1 heterocycles. The molecule has 1 aliphatic heterocycles. The monoisotopic (exact) mass is 264 g/mol. The summed E-state index contributed by atoms with van der Waals surface area (Å²) >= 11 is 0. The minimum Gasteiger partial charge on any atom is -0.491 e. The average molecular weight is 264 g/mol. The predicted octanol–water partition coefficient (Wildman–Crippen LogP) is 1.37. The van der Waals surface area contributed by atoms with Crippen LogP contribution in [0.5, 0.6) is 5.75 Å². The van der Waals surface area contributed by atoms with Gasteiger partial charge in [-0.1, -0.05) is 18.2 Å². The summed E-state index contributed by atoms with van der Waals surface area (Å²) in [6.07, 6.45) is 3.36. The molecule has 3 N–H and O–H groups in total. The zero-order chi connectivity index (χ0) is 13.5. The van der Waals surface area contributed by atoms with Gasteiger partial charge in [-0.15, -0.1) is 0 Å². The molecule has 0 radical (unpaired) electrons. The Morgan fingerprint density at radius 1 is 1.26 bits per heavy atom. The van der Waals surface area contributed by atoms with Gasteiger partial charge in [-0.05, 0) is 38.4 Å². The Morgan fingerprint density at radius 2 is 2.11 bits per heavy atom. The molecule has 0 spiro atoms. The van der Waals surface area contributed by atoms with Crippen molar-refractivity contribution < 1.29 is 9.84 Å². The highest BCUT2D eigenvalue weighted by atomic mass is 16.5. The molecule has 1 aliphatic rings. The first-order chi connectivity index (χ1) is 9.29. The number of aliphatic hydroxyl groups is 1. The third-order valence-electron chi connectivity index (χ3n) is 3.58. The molecule has 4 nitrogen and oxygen atoms in total. The summed E-state index contributed by atoms with van der Waals surface area (Å²) in [5.74, 6) is 0.880. The van der Waals surface area contributed by atoms with Crippen LogP contribution in [0.1, 0.15) is 24.8 Å². The summed E-state index contributed by atoms with van der Waals surface area (Å²) in [7, 11) is 0. The lowest BCUT2D eigenvalue weighted by molar-refractivity contribution is 0.197. The molecule has 0 unspecified atom stereocenters. The first-order valence-electron chi connectivity index (χ1n) is 7.09. The number of likely N-dealkylation sites (tertiary alicyclic amines) is 1. The fraction of sp³-hybridized carbons (Fsp3) is 0.600. The maximum atomic E-state index is 8.86. The number of ether oxygens (including phenoxy) is 1. The number of benzene rings is 1. The van der Waals surface area contributed by atoms with Crippen molar-refractivity contribution in [3.05, 3.63) is 29.8 Å². The first-order valence-corrected chi connectivity index (χ1v) is 7.09. The van der Waals surface area contributed by atoms with E-state index in [2.05, 4.69) is 11.0 Å². The third-order valence-corrected chi connectivity index (χ3v) is 3.58. The van der Waals surface area contributed by atoms with Gasteiger partial charge in [-0.2, -0.15) is 0 Å². The smallest absolute Gasteiger partial charge is 0.123 e. The molecule has 1 aromatic rings. The molecule has 4 heteroatoms. The number of para-hydroxylation sites is 1. The van der Waals surface area contributed by atoms with Gasteiger partial charge in [-0.25, -0.2) is 0 Å². The van der Waals surface area contributed by atoms with Crippen LogP contribution in [0.3, 0.4) is 0 Å². The number of hydrogen-bond donors (Lipinski definition) is 2. The molecule has 1 fully saturated rings. The second-order valence-electron chi connectivity index (χ2n) is 5.15. The van der Waals surface area contributed by atoms with Crippen LogP contribution in [-0.4, -0.2) is 42.4 Å². The fourth-order valence-corrected chi connectivity index (χ4v) is 2.51. The van der Waals surface area contributed by atoms with Crippen LogP contribution >= 0.6 is 0 Å². The molecule has 0 saturated carbocycles. The number of nitrogens with zero attached hydrogens (tertiary/aromatic N) is 1. The van der Waals surface area contributed by atoms with Gasteiger partial charge in [0, 0.05) is 18.2 Å². The summed E-state index contributed by atoms with van der Waals surface area (Å²) in [5.41, 5.74) is 7.19. The van der Waals surface area contributed by atoms with Gasteiger partial charge in [0.25, 0.3) is 0 Å². The van der Waals surface area contributed by atoms with Crippen LogP contribution in [0, 0.1) is 0 Å². The van der Waals surface area contributed by atoms with Crippen molar-refractivity contribution in [2.45, 2.75) is 31.8 Å². The molecule has 1 aromatic carbocycles. The molecular formula is C15H24N2O2. The Labute approximate surface area is 115 Å². The van der Waals surface area contributed by atoms with E-state index in [1.807, 2.05) is 18.2 Å². The SMILES string of the molecule is N[C@@H]1CCCN(Cc2ccccc2OCCO)CC1. The highest BCUT2D eigenvalue weighted by molar-refractivity contribution is 5.33. The summed E-state index contributed by atoms with van der Waals surface area (Å²) in [5, 5.41) is 8.86. The standard InChI is InChI=1S/C15H24N2O2/c16-14-5-3-8-17(9-7-14)12-13-4-1-2-6-15(13)19-11-10-18/h1-2,4,6,14,18H,3,5,7-12,16H2/t14-/m1/s1. The largest absolute Gasteiger partial charge is 0.491 e.